The molecule has 0 spiro atoms. The zero-order valence-electron chi connectivity index (χ0n) is 17.4. The number of fused-ring (bicyclic) bond motifs is 1. The van der Waals surface area contributed by atoms with Crippen molar-refractivity contribution in [2.75, 3.05) is 49.6 Å². The number of pyridine rings is 1. The lowest BCUT2D eigenvalue weighted by Crippen LogP contribution is -2.45. The number of morpholine rings is 1. The van der Waals surface area contributed by atoms with E-state index in [0.717, 1.165) is 11.9 Å². The molecular weight excluding hydrogens is 417 g/mol. The Bertz CT molecular complexity index is 1130. The molecule has 1 atom stereocenters. The molecule has 2 N–H and O–H groups in total. The SMILES string of the molecule is O=C(O)N1CCC[C@@H](Nc2nc(-c3cnn4ccccc34)nc(N3CCOCC3)c2F)C1. The van der Waals surface area contributed by atoms with E-state index < -0.39 is 11.9 Å². The fraction of sp³-hybridized carbons (Fsp3) is 0.429. The van der Waals surface area contributed by atoms with Crippen molar-refractivity contribution >= 4 is 23.2 Å². The van der Waals surface area contributed by atoms with E-state index >= 15 is 4.39 Å². The lowest BCUT2D eigenvalue weighted by molar-refractivity contribution is 0.122. The Balaban J connectivity index is 1.54. The van der Waals surface area contributed by atoms with Gasteiger partial charge in [-0.05, 0) is 25.0 Å². The summed E-state index contributed by atoms with van der Waals surface area (Å²) in [6, 6.07) is 5.44. The average molecular weight is 441 g/mol. The molecular formula is C21H24FN7O3. The van der Waals surface area contributed by atoms with Crippen LogP contribution < -0.4 is 10.2 Å². The number of anilines is 2. The second-order valence-electron chi connectivity index (χ2n) is 7.93. The molecule has 10 nitrogen and oxygen atoms in total. The number of hydrogen-bond donors (Lipinski definition) is 2. The van der Waals surface area contributed by atoms with Crippen LogP contribution in [0.25, 0.3) is 16.9 Å². The highest BCUT2D eigenvalue weighted by molar-refractivity contribution is 5.77. The second kappa shape index (κ2) is 8.58. The van der Waals surface area contributed by atoms with E-state index in [0.29, 0.717) is 50.7 Å². The van der Waals surface area contributed by atoms with Crippen LogP contribution in [0.2, 0.25) is 0 Å². The minimum atomic E-state index is -0.972. The zero-order chi connectivity index (χ0) is 22.1. The third-order valence-electron chi connectivity index (χ3n) is 5.84. The molecule has 0 radical (unpaired) electrons. The van der Waals surface area contributed by atoms with Gasteiger partial charge in [-0.1, -0.05) is 6.07 Å². The van der Waals surface area contributed by atoms with Crippen LogP contribution in [0.3, 0.4) is 0 Å². The first-order chi connectivity index (χ1) is 15.6. The van der Waals surface area contributed by atoms with Gasteiger partial charge >= 0.3 is 6.09 Å². The molecule has 11 heteroatoms. The van der Waals surface area contributed by atoms with E-state index in [4.69, 9.17) is 4.74 Å². The van der Waals surface area contributed by atoms with Crippen LogP contribution in [0, 0.1) is 5.82 Å². The summed E-state index contributed by atoms with van der Waals surface area (Å²) in [6.45, 7) is 2.79. The van der Waals surface area contributed by atoms with Crippen molar-refractivity contribution in [3.05, 3.63) is 36.4 Å². The first-order valence-electron chi connectivity index (χ1n) is 10.7. The van der Waals surface area contributed by atoms with Gasteiger partial charge in [-0.15, -0.1) is 0 Å². The number of nitrogens with zero attached hydrogens (tertiary/aromatic N) is 6. The molecule has 2 aliphatic rings. The van der Waals surface area contributed by atoms with Gasteiger partial charge in [0.1, 0.15) is 0 Å². The van der Waals surface area contributed by atoms with E-state index in [1.165, 1.54) is 4.90 Å². The molecule has 5 rings (SSSR count). The smallest absolute Gasteiger partial charge is 0.407 e. The summed E-state index contributed by atoms with van der Waals surface area (Å²) in [5.41, 5.74) is 1.51. The Morgan fingerprint density at radius 3 is 2.88 bits per heavy atom. The van der Waals surface area contributed by atoms with Crippen molar-refractivity contribution in [1.29, 1.82) is 0 Å². The number of halogens is 1. The number of hydrogen-bond acceptors (Lipinski definition) is 7. The molecule has 32 heavy (non-hydrogen) atoms. The second-order valence-corrected chi connectivity index (χ2v) is 7.93. The van der Waals surface area contributed by atoms with Crippen molar-refractivity contribution < 1.29 is 19.0 Å². The van der Waals surface area contributed by atoms with Crippen LogP contribution in [0.5, 0.6) is 0 Å². The quantitative estimate of drug-likeness (QED) is 0.635. The molecule has 2 fully saturated rings. The van der Waals surface area contributed by atoms with E-state index in [2.05, 4.69) is 20.4 Å². The van der Waals surface area contributed by atoms with Crippen LogP contribution in [-0.4, -0.2) is 81.1 Å². The number of nitrogens with one attached hydrogen (secondary N) is 1. The number of piperidine rings is 1. The first-order valence-corrected chi connectivity index (χ1v) is 10.7. The molecule has 3 aromatic heterocycles. The Kier molecular flexibility index (Phi) is 5.48. The molecule has 2 saturated heterocycles. The van der Waals surface area contributed by atoms with Gasteiger partial charge in [0.2, 0.25) is 5.82 Å². The normalized spacial score (nSPS) is 19.3. The van der Waals surface area contributed by atoms with Gasteiger partial charge in [-0.25, -0.2) is 19.3 Å². The van der Waals surface area contributed by atoms with Crippen molar-refractivity contribution in [3.8, 4) is 11.4 Å². The Morgan fingerprint density at radius 1 is 1.22 bits per heavy atom. The third kappa shape index (κ3) is 3.91. The Labute approximate surface area is 183 Å². The van der Waals surface area contributed by atoms with Crippen molar-refractivity contribution in [3.63, 3.8) is 0 Å². The fourth-order valence-electron chi connectivity index (χ4n) is 4.20. The van der Waals surface area contributed by atoms with Crippen molar-refractivity contribution in [2.24, 2.45) is 0 Å². The van der Waals surface area contributed by atoms with E-state index in [1.54, 1.807) is 10.7 Å². The lowest BCUT2D eigenvalue weighted by atomic mass is 10.1. The number of carboxylic acid groups (broad SMARTS) is 1. The fourth-order valence-corrected chi connectivity index (χ4v) is 4.20. The molecule has 5 heterocycles. The summed E-state index contributed by atoms with van der Waals surface area (Å²) in [6.07, 6.45) is 3.95. The zero-order valence-corrected chi connectivity index (χ0v) is 17.4. The molecule has 1 amide bonds. The van der Waals surface area contributed by atoms with Gasteiger partial charge in [0.15, 0.2) is 17.5 Å². The molecule has 2 aliphatic heterocycles. The summed E-state index contributed by atoms with van der Waals surface area (Å²) < 4.78 is 22.7. The number of amides is 1. The van der Waals surface area contributed by atoms with Gasteiger partial charge in [0.25, 0.3) is 0 Å². The Morgan fingerprint density at radius 2 is 2.06 bits per heavy atom. The minimum Gasteiger partial charge on any atom is -0.465 e. The van der Waals surface area contributed by atoms with Gasteiger partial charge in [0.05, 0.1) is 30.5 Å². The lowest BCUT2D eigenvalue weighted by Gasteiger charge is -2.32. The largest absolute Gasteiger partial charge is 0.465 e. The minimum absolute atomic E-state index is 0.0732. The predicted molar refractivity (Wildman–Crippen MR) is 115 cm³/mol. The molecule has 0 saturated carbocycles. The number of rotatable bonds is 4. The maximum Gasteiger partial charge on any atom is 0.407 e. The standard InChI is InChI=1S/C21H24FN7O3/c22-17-19(24-14-4-3-6-28(13-14)21(30)31)25-18(26-20(17)27-8-10-32-11-9-27)15-12-23-29-7-2-1-5-16(15)29/h1-2,5,7,12,14H,3-4,6,8-11,13H2,(H,30,31)(H,24,25,26)/t14-/m1/s1. The highest BCUT2D eigenvalue weighted by atomic mass is 19.1. The van der Waals surface area contributed by atoms with Crippen molar-refractivity contribution in [1.82, 2.24) is 24.5 Å². The monoisotopic (exact) mass is 441 g/mol. The van der Waals surface area contributed by atoms with Crippen molar-refractivity contribution in [2.45, 2.75) is 18.9 Å². The topological polar surface area (TPSA) is 108 Å². The van der Waals surface area contributed by atoms with Gasteiger partial charge in [0, 0.05) is 38.4 Å². The highest BCUT2D eigenvalue weighted by Crippen LogP contribution is 2.30. The summed E-state index contributed by atoms with van der Waals surface area (Å²) in [5.74, 6) is 0.105. The van der Waals surface area contributed by atoms with Crippen LogP contribution in [0.1, 0.15) is 12.8 Å². The van der Waals surface area contributed by atoms with E-state index in [9.17, 15) is 9.90 Å². The van der Waals surface area contributed by atoms with Gasteiger partial charge in [-0.3, -0.25) is 0 Å². The maximum atomic E-state index is 15.6. The highest BCUT2D eigenvalue weighted by Gasteiger charge is 2.27. The predicted octanol–water partition coefficient (Wildman–Crippen LogP) is 2.32. The summed E-state index contributed by atoms with van der Waals surface area (Å²) >= 11 is 0. The van der Waals surface area contributed by atoms with Crippen LogP contribution in [0.4, 0.5) is 20.8 Å². The summed E-state index contributed by atoms with van der Waals surface area (Å²) in [4.78, 5) is 23.7. The van der Waals surface area contributed by atoms with Gasteiger partial charge < -0.3 is 25.0 Å². The molecule has 3 aromatic rings. The summed E-state index contributed by atoms with van der Waals surface area (Å²) in [5, 5.41) is 16.8. The van der Waals surface area contributed by atoms with E-state index in [1.807, 2.05) is 29.3 Å². The number of aromatic nitrogens is 4. The van der Waals surface area contributed by atoms with E-state index in [-0.39, 0.29) is 24.2 Å². The number of likely N-dealkylation sites (tertiary alicyclic amines) is 1. The Hall–Kier alpha value is -3.47. The van der Waals surface area contributed by atoms with Crippen LogP contribution in [0.15, 0.2) is 30.6 Å². The number of carbonyl (C=O) groups is 1. The maximum absolute atomic E-state index is 15.6. The molecule has 0 bridgehead atoms. The van der Waals surface area contributed by atoms with Crippen LogP contribution >= 0.6 is 0 Å². The van der Waals surface area contributed by atoms with Gasteiger partial charge in [-0.2, -0.15) is 9.49 Å². The number of ether oxygens (including phenoxy) is 1. The first kappa shape index (κ1) is 20.4. The molecule has 0 aromatic carbocycles. The third-order valence-corrected chi connectivity index (χ3v) is 5.84. The average Bonchev–Trinajstić information content (AvgIpc) is 3.25. The molecule has 0 aliphatic carbocycles. The van der Waals surface area contributed by atoms with Crippen LogP contribution in [-0.2, 0) is 4.74 Å². The summed E-state index contributed by atoms with van der Waals surface area (Å²) in [7, 11) is 0. The molecule has 168 valence electrons. The molecule has 0 unspecified atom stereocenters.